The lowest BCUT2D eigenvalue weighted by Crippen LogP contribution is -2.33. The van der Waals surface area contributed by atoms with E-state index in [2.05, 4.69) is 0 Å². The van der Waals surface area contributed by atoms with Crippen LogP contribution in [-0.4, -0.2) is 25.8 Å². The van der Waals surface area contributed by atoms with Crippen LogP contribution < -0.4 is 5.73 Å². The number of rotatable bonds is 6. The summed E-state index contributed by atoms with van der Waals surface area (Å²) in [5.41, 5.74) is 5.54. The minimum atomic E-state index is -3.63. The SMILES string of the molecule is CCCN(CCC)S(=O)(=O)c1ccc(F)cc1N. The number of nitrogen functional groups attached to an aromatic ring is 1. The monoisotopic (exact) mass is 274 g/mol. The summed E-state index contributed by atoms with van der Waals surface area (Å²) in [5, 5.41) is 0. The number of benzene rings is 1. The molecule has 0 aliphatic heterocycles. The zero-order valence-corrected chi connectivity index (χ0v) is 11.5. The van der Waals surface area contributed by atoms with E-state index in [4.69, 9.17) is 5.73 Å². The van der Waals surface area contributed by atoms with Crippen LogP contribution in [0.25, 0.3) is 0 Å². The van der Waals surface area contributed by atoms with Crippen molar-refractivity contribution in [2.24, 2.45) is 0 Å². The van der Waals surface area contributed by atoms with Crippen molar-refractivity contribution in [1.82, 2.24) is 4.31 Å². The molecular formula is C12H19FN2O2S. The Kier molecular flexibility index (Phi) is 5.10. The Labute approximate surface area is 108 Å². The molecule has 0 heterocycles. The quantitative estimate of drug-likeness (QED) is 0.809. The van der Waals surface area contributed by atoms with Crippen LogP contribution in [0, 0.1) is 5.82 Å². The number of hydrogen-bond acceptors (Lipinski definition) is 3. The van der Waals surface area contributed by atoms with E-state index in [0.717, 1.165) is 25.0 Å². The highest BCUT2D eigenvalue weighted by Crippen LogP contribution is 2.23. The molecular weight excluding hydrogens is 255 g/mol. The molecule has 1 aromatic rings. The van der Waals surface area contributed by atoms with Gasteiger partial charge in [-0.15, -0.1) is 0 Å². The van der Waals surface area contributed by atoms with Crippen molar-refractivity contribution in [2.75, 3.05) is 18.8 Å². The first-order valence-electron chi connectivity index (χ1n) is 5.98. The number of nitrogens with zero attached hydrogens (tertiary/aromatic N) is 1. The van der Waals surface area contributed by atoms with Gasteiger partial charge in [0.15, 0.2) is 0 Å². The van der Waals surface area contributed by atoms with Gasteiger partial charge in [-0.25, -0.2) is 12.8 Å². The highest BCUT2D eigenvalue weighted by atomic mass is 32.2. The van der Waals surface area contributed by atoms with Gasteiger partial charge in [-0.2, -0.15) is 4.31 Å². The lowest BCUT2D eigenvalue weighted by molar-refractivity contribution is 0.410. The van der Waals surface area contributed by atoms with Crippen molar-refractivity contribution >= 4 is 15.7 Å². The Morgan fingerprint density at radius 2 is 1.78 bits per heavy atom. The van der Waals surface area contributed by atoms with Crippen LogP contribution in [0.1, 0.15) is 26.7 Å². The van der Waals surface area contributed by atoms with Gasteiger partial charge in [0.25, 0.3) is 0 Å². The van der Waals surface area contributed by atoms with Gasteiger partial charge in [0.05, 0.1) is 5.69 Å². The molecule has 0 fully saturated rings. The Morgan fingerprint density at radius 1 is 1.22 bits per heavy atom. The van der Waals surface area contributed by atoms with Gasteiger partial charge in [0.1, 0.15) is 10.7 Å². The molecule has 0 bridgehead atoms. The van der Waals surface area contributed by atoms with Gasteiger partial charge >= 0.3 is 0 Å². The summed E-state index contributed by atoms with van der Waals surface area (Å²) in [5.74, 6) is -0.538. The zero-order chi connectivity index (χ0) is 13.8. The van der Waals surface area contributed by atoms with Gasteiger partial charge in [0, 0.05) is 13.1 Å². The normalized spacial score (nSPS) is 12.0. The second-order valence-electron chi connectivity index (χ2n) is 4.09. The summed E-state index contributed by atoms with van der Waals surface area (Å²) < 4.78 is 39.1. The second kappa shape index (κ2) is 6.15. The first-order valence-corrected chi connectivity index (χ1v) is 7.42. The van der Waals surface area contributed by atoms with Gasteiger partial charge < -0.3 is 5.73 Å². The van der Waals surface area contributed by atoms with E-state index in [0.29, 0.717) is 13.1 Å². The standard InChI is InChI=1S/C12H19FN2O2S/c1-3-7-15(8-4-2)18(16,17)12-6-5-10(13)9-11(12)14/h5-6,9H,3-4,7-8,14H2,1-2H3. The topological polar surface area (TPSA) is 63.4 Å². The molecule has 1 rings (SSSR count). The van der Waals surface area contributed by atoms with Crippen LogP contribution >= 0.6 is 0 Å². The van der Waals surface area contributed by atoms with E-state index >= 15 is 0 Å². The Hall–Kier alpha value is -1.14. The van der Waals surface area contributed by atoms with E-state index in [1.54, 1.807) is 0 Å². The second-order valence-corrected chi connectivity index (χ2v) is 5.99. The molecule has 1 aromatic carbocycles. The molecule has 0 saturated heterocycles. The van der Waals surface area contributed by atoms with Crippen LogP contribution in [0.5, 0.6) is 0 Å². The van der Waals surface area contributed by atoms with E-state index in [9.17, 15) is 12.8 Å². The zero-order valence-electron chi connectivity index (χ0n) is 10.7. The van der Waals surface area contributed by atoms with Crippen LogP contribution in [-0.2, 0) is 10.0 Å². The van der Waals surface area contributed by atoms with Crippen LogP contribution in [0.15, 0.2) is 23.1 Å². The van der Waals surface area contributed by atoms with Gasteiger partial charge in [-0.3, -0.25) is 0 Å². The lowest BCUT2D eigenvalue weighted by atomic mass is 10.3. The predicted octanol–water partition coefficient (Wildman–Crippen LogP) is 2.22. The Morgan fingerprint density at radius 3 is 2.22 bits per heavy atom. The summed E-state index contributed by atoms with van der Waals surface area (Å²) in [4.78, 5) is -0.0224. The average Bonchev–Trinajstić information content (AvgIpc) is 2.28. The van der Waals surface area contributed by atoms with Crippen LogP contribution in [0.4, 0.5) is 10.1 Å². The fourth-order valence-electron chi connectivity index (χ4n) is 1.74. The summed E-state index contributed by atoms with van der Waals surface area (Å²) in [6.45, 7) is 4.69. The van der Waals surface area contributed by atoms with Crippen LogP contribution in [0.2, 0.25) is 0 Å². The van der Waals surface area contributed by atoms with Crippen molar-refractivity contribution in [1.29, 1.82) is 0 Å². The van der Waals surface area contributed by atoms with Crippen LogP contribution in [0.3, 0.4) is 0 Å². The molecule has 0 radical (unpaired) electrons. The molecule has 0 aliphatic rings. The highest BCUT2D eigenvalue weighted by molar-refractivity contribution is 7.89. The fraction of sp³-hybridized carbons (Fsp3) is 0.500. The van der Waals surface area contributed by atoms with Gasteiger partial charge in [-0.1, -0.05) is 13.8 Å². The molecule has 0 spiro atoms. The summed E-state index contributed by atoms with van der Waals surface area (Å²) in [6.07, 6.45) is 1.45. The van der Waals surface area contributed by atoms with E-state index < -0.39 is 15.8 Å². The molecule has 0 saturated carbocycles. The molecule has 6 heteroatoms. The Balaban J connectivity index is 3.17. The molecule has 0 atom stereocenters. The van der Waals surface area contributed by atoms with Crippen molar-refractivity contribution in [3.8, 4) is 0 Å². The summed E-state index contributed by atoms with van der Waals surface area (Å²) in [7, 11) is -3.63. The fourth-order valence-corrected chi connectivity index (χ4v) is 3.47. The minimum Gasteiger partial charge on any atom is -0.398 e. The molecule has 4 nitrogen and oxygen atoms in total. The smallest absolute Gasteiger partial charge is 0.245 e. The highest BCUT2D eigenvalue weighted by Gasteiger charge is 2.25. The number of halogens is 1. The molecule has 0 unspecified atom stereocenters. The Bertz CT molecular complexity index is 497. The maximum Gasteiger partial charge on any atom is 0.245 e. The molecule has 102 valence electrons. The van der Waals surface area contributed by atoms with Crippen molar-refractivity contribution < 1.29 is 12.8 Å². The lowest BCUT2D eigenvalue weighted by Gasteiger charge is -2.21. The maximum atomic E-state index is 12.9. The van der Waals surface area contributed by atoms with E-state index in [-0.39, 0.29) is 10.6 Å². The number of nitrogens with two attached hydrogens (primary N) is 1. The van der Waals surface area contributed by atoms with Crippen molar-refractivity contribution in [3.05, 3.63) is 24.0 Å². The van der Waals surface area contributed by atoms with Gasteiger partial charge in [0.2, 0.25) is 10.0 Å². The number of anilines is 1. The van der Waals surface area contributed by atoms with E-state index in [1.165, 1.54) is 10.4 Å². The molecule has 18 heavy (non-hydrogen) atoms. The third kappa shape index (κ3) is 3.20. The summed E-state index contributed by atoms with van der Waals surface area (Å²) in [6, 6.07) is 3.36. The number of sulfonamides is 1. The average molecular weight is 274 g/mol. The first kappa shape index (κ1) is 14.9. The predicted molar refractivity (Wildman–Crippen MR) is 70.2 cm³/mol. The van der Waals surface area contributed by atoms with Crippen molar-refractivity contribution in [2.45, 2.75) is 31.6 Å². The third-order valence-electron chi connectivity index (χ3n) is 2.54. The largest absolute Gasteiger partial charge is 0.398 e. The summed E-state index contributed by atoms with van der Waals surface area (Å²) >= 11 is 0. The first-order chi connectivity index (χ1) is 8.43. The maximum absolute atomic E-state index is 12.9. The van der Waals surface area contributed by atoms with Gasteiger partial charge in [-0.05, 0) is 31.0 Å². The van der Waals surface area contributed by atoms with Crippen molar-refractivity contribution in [3.63, 3.8) is 0 Å². The third-order valence-corrected chi connectivity index (χ3v) is 4.51. The molecule has 0 amide bonds. The molecule has 2 N–H and O–H groups in total. The molecule has 0 aromatic heterocycles. The molecule has 0 aliphatic carbocycles. The minimum absolute atomic E-state index is 0.0224. The number of hydrogen-bond donors (Lipinski definition) is 1. The van der Waals surface area contributed by atoms with E-state index in [1.807, 2.05) is 13.8 Å².